The van der Waals surface area contributed by atoms with Gasteiger partial charge in [-0.25, -0.2) is 9.78 Å². The molecule has 0 aromatic carbocycles. The second kappa shape index (κ2) is 9.87. The van der Waals surface area contributed by atoms with Crippen LogP contribution in [0.5, 0.6) is 0 Å². The molecule has 166 valence electrons. The molecule has 1 atom stereocenters. The number of nitrogens with one attached hydrogen (secondary N) is 2. The highest BCUT2D eigenvalue weighted by atomic mass is 16.5. The number of hydrogen-bond acceptors (Lipinski definition) is 6. The number of nitrogens with zero attached hydrogens (tertiary/aromatic N) is 2. The van der Waals surface area contributed by atoms with Gasteiger partial charge in [-0.1, -0.05) is 6.07 Å². The number of Topliss-reactive ketones (excluding diaryl/α,β-unsaturated/α-hetero) is 1. The van der Waals surface area contributed by atoms with Crippen molar-refractivity contribution >= 4 is 23.5 Å². The number of aryl methyl sites for hydroxylation is 2. The Morgan fingerprint density at radius 1 is 1.26 bits per heavy atom. The molecule has 1 unspecified atom stereocenters. The first kappa shape index (κ1) is 22.7. The predicted molar refractivity (Wildman–Crippen MR) is 117 cm³/mol. The SMILES string of the molecule is CCOC(=O)c1[nH]c(C)c(C(=O)CN2CCCC(C(=O)Nc3cccc(C)n3)C2)c1C. The number of piperidine rings is 1. The van der Waals surface area contributed by atoms with Crippen LogP contribution in [0.25, 0.3) is 0 Å². The zero-order chi connectivity index (χ0) is 22.5. The highest BCUT2D eigenvalue weighted by Gasteiger charge is 2.29. The molecule has 0 bridgehead atoms. The van der Waals surface area contributed by atoms with Gasteiger partial charge in [-0.2, -0.15) is 0 Å². The van der Waals surface area contributed by atoms with Crippen LogP contribution in [-0.2, 0) is 9.53 Å². The van der Waals surface area contributed by atoms with Crippen molar-refractivity contribution in [1.29, 1.82) is 0 Å². The van der Waals surface area contributed by atoms with E-state index in [9.17, 15) is 14.4 Å². The van der Waals surface area contributed by atoms with Crippen molar-refractivity contribution < 1.29 is 19.1 Å². The van der Waals surface area contributed by atoms with Gasteiger partial charge < -0.3 is 15.0 Å². The standard InChI is InChI=1S/C23H30N4O4/c1-5-31-23(30)21-15(3)20(16(4)25-21)18(28)13-27-11-7-9-17(12-27)22(29)26-19-10-6-8-14(2)24-19/h6,8,10,17,25H,5,7,9,11-13H2,1-4H3,(H,24,26,29). The fourth-order valence-corrected chi connectivity index (χ4v) is 4.11. The number of carbonyl (C=O) groups excluding carboxylic acids is 3. The van der Waals surface area contributed by atoms with Gasteiger partial charge in [0.15, 0.2) is 5.78 Å². The van der Waals surface area contributed by atoms with Crippen molar-refractivity contribution in [2.75, 3.05) is 31.6 Å². The third kappa shape index (κ3) is 5.38. The number of aromatic nitrogens is 2. The van der Waals surface area contributed by atoms with Gasteiger partial charge in [0.2, 0.25) is 5.91 Å². The zero-order valence-electron chi connectivity index (χ0n) is 18.6. The fourth-order valence-electron chi connectivity index (χ4n) is 4.11. The first-order valence-corrected chi connectivity index (χ1v) is 10.7. The van der Waals surface area contributed by atoms with Crippen LogP contribution in [0.1, 0.15) is 57.6 Å². The van der Waals surface area contributed by atoms with Gasteiger partial charge in [-0.15, -0.1) is 0 Å². The molecule has 0 saturated carbocycles. The lowest BCUT2D eigenvalue weighted by Crippen LogP contribution is -2.43. The van der Waals surface area contributed by atoms with Gasteiger partial charge in [0.1, 0.15) is 11.5 Å². The zero-order valence-corrected chi connectivity index (χ0v) is 18.6. The number of H-pyrrole nitrogens is 1. The van der Waals surface area contributed by atoms with Gasteiger partial charge in [-0.05, 0) is 64.8 Å². The fraction of sp³-hybridized carbons (Fsp3) is 0.478. The van der Waals surface area contributed by atoms with E-state index < -0.39 is 5.97 Å². The molecule has 2 aromatic rings. The number of carbonyl (C=O) groups is 3. The topological polar surface area (TPSA) is 104 Å². The summed E-state index contributed by atoms with van der Waals surface area (Å²) in [6.45, 7) is 8.90. The van der Waals surface area contributed by atoms with E-state index in [0.717, 1.165) is 25.1 Å². The monoisotopic (exact) mass is 426 g/mol. The van der Waals surface area contributed by atoms with E-state index in [1.54, 1.807) is 26.8 Å². The average molecular weight is 427 g/mol. The summed E-state index contributed by atoms with van der Waals surface area (Å²) in [5.74, 6) is -0.255. The summed E-state index contributed by atoms with van der Waals surface area (Å²) in [6.07, 6.45) is 1.61. The third-order valence-electron chi connectivity index (χ3n) is 5.58. The highest BCUT2D eigenvalue weighted by Crippen LogP contribution is 2.22. The largest absolute Gasteiger partial charge is 0.461 e. The van der Waals surface area contributed by atoms with E-state index in [1.807, 2.05) is 24.0 Å². The molecule has 0 radical (unpaired) electrons. The van der Waals surface area contributed by atoms with E-state index in [1.165, 1.54) is 0 Å². The molecule has 1 aliphatic rings. The quantitative estimate of drug-likeness (QED) is 0.521. The molecule has 2 N–H and O–H groups in total. The van der Waals surface area contributed by atoms with Gasteiger partial charge in [-0.3, -0.25) is 14.5 Å². The molecule has 1 amide bonds. The van der Waals surface area contributed by atoms with Crippen molar-refractivity contribution in [3.8, 4) is 0 Å². The molecule has 1 fully saturated rings. The maximum absolute atomic E-state index is 13.0. The number of anilines is 1. The number of ether oxygens (including phenoxy) is 1. The van der Waals surface area contributed by atoms with E-state index in [0.29, 0.717) is 34.9 Å². The van der Waals surface area contributed by atoms with Crippen molar-refractivity contribution in [1.82, 2.24) is 14.9 Å². The molecular weight excluding hydrogens is 396 g/mol. The Balaban J connectivity index is 1.64. The van der Waals surface area contributed by atoms with Crippen molar-refractivity contribution in [3.63, 3.8) is 0 Å². The maximum atomic E-state index is 13.0. The minimum atomic E-state index is -0.457. The molecule has 3 rings (SSSR count). The van der Waals surface area contributed by atoms with Crippen LogP contribution in [0.3, 0.4) is 0 Å². The summed E-state index contributed by atoms with van der Waals surface area (Å²) in [5.41, 5.74) is 2.95. The molecule has 2 aromatic heterocycles. The van der Waals surface area contributed by atoms with Crippen LogP contribution < -0.4 is 5.32 Å². The summed E-state index contributed by atoms with van der Waals surface area (Å²) in [4.78, 5) is 47.2. The van der Waals surface area contributed by atoms with Crippen LogP contribution in [0.15, 0.2) is 18.2 Å². The minimum Gasteiger partial charge on any atom is -0.461 e. The Morgan fingerprint density at radius 3 is 2.74 bits per heavy atom. The Labute approximate surface area is 182 Å². The van der Waals surface area contributed by atoms with E-state index in [4.69, 9.17) is 4.74 Å². The van der Waals surface area contributed by atoms with Gasteiger partial charge >= 0.3 is 5.97 Å². The summed E-state index contributed by atoms with van der Waals surface area (Å²) < 4.78 is 5.06. The highest BCUT2D eigenvalue weighted by molar-refractivity contribution is 6.03. The lowest BCUT2D eigenvalue weighted by Gasteiger charge is -2.31. The molecular formula is C23H30N4O4. The van der Waals surface area contributed by atoms with Crippen LogP contribution in [0, 0.1) is 26.7 Å². The Hall–Kier alpha value is -3.00. The van der Waals surface area contributed by atoms with E-state index >= 15 is 0 Å². The lowest BCUT2D eigenvalue weighted by atomic mass is 9.96. The maximum Gasteiger partial charge on any atom is 0.355 e. The van der Waals surface area contributed by atoms with Crippen LogP contribution >= 0.6 is 0 Å². The number of pyridine rings is 1. The normalized spacial score (nSPS) is 16.7. The van der Waals surface area contributed by atoms with Gasteiger partial charge in [0, 0.05) is 23.5 Å². The first-order valence-electron chi connectivity index (χ1n) is 10.7. The van der Waals surface area contributed by atoms with Crippen molar-refractivity contribution in [3.05, 3.63) is 46.4 Å². The number of esters is 1. The number of ketones is 1. The predicted octanol–water partition coefficient (Wildman–Crippen LogP) is 3.05. The Morgan fingerprint density at radius 2 is 2.03 bits per heavy atom. The molecule has 3 heterocycles. The average Bonchev–Trinajstić information content (AvgIpc) is 3.02. The van der Waals surface area contributed by atoms with E-state index in [-0.39, 0.29) is 30.8 Å². The summed E-state index contributed by atoms with van der Waals surface area (Å²) in [7, 11) is 0. The Kier molecular flexibility index (Phi) is 7.22. The van der Waals surface area contributed by atoms with E-state index in [2.05, 4.69) is 15.3 Å². The molecule has 1 aliphatic heterocycles. The van der Waals surface area contributed by atoms with Gasteiger partial charge in [0.05, 0.1) is 19.1 Å². The van der Waals surface area contributed by atoms with Crippen LogP contribution in [-0.4, -0.2) is 58.8 Å². The summed E-state index contributed by atoms with van der Waals surface area (Å²) >= 11 is 0. The molecule has 8 heteroatoms. The number of likely N-dealkylation sites (tertiary alicyclic amines) is 1. The molecule has 0 aliphatic carbocycles. The van der Waals surface area contributed by atoms with Gasteiger partial charge in [0.25, 0.3) is 0 Å². The van der Waals surface area contributed by atoms with Crippen molar-refractivity contribution in [2.24, 2.45) is 5.92 Å². The first-order chi connectivity index (χ1) is 14.8. The number of hydrogen-bond donors (Lipinski definition) is 2. The molecule has 0 spiro atoms. The number of rotatable bonds is 7. The lowest BCUT2D eigenvalue weighted by molar-refractivity contribution is -0.121. The smallest absolute Gasteiger partial charge is 0.355 e. The van der Waals surface area contributed by atoms with Crippen LogP contribution in [0.2, 0.25) is 0 Å². The number of amides is 1. The minimum absolute atomic E-state index is 0.0665. The molecule has 31 heavy (non-hydrogen) atoms. The van der Waals surface area contributed by atoms with Crippen molar-refractivity contribution in [2.45, 2.75) is 40.5 Å². The second-order valence-corrected chi connectivity index (χ2v) is 8.00. The molecule has 8 nitrogen and oxygen atoms in total. The van der Waals surface area contributed by atoms with Crippen LogP contribution in [0.4, 0.5) is 5.82 Å². The summed E-state index contributed by atoms with van der Waals surface area (Å²) in [6, 6.07) is 5.51. The second-order valence-electron chi connectivity index (χ2n) is 8.00. The number of aromatic amines is 1. The summed E-state index contributed by atoms with van der Waals surface area (Å²) in [5, 5.41) is 2.89. The Bertz CT molecular complexity index is 982. The molecule has 1 saturated heterocycles. The third-order valence-corrected chi connectivity index (χ3v) is 5.58.